The summed E-state index contributed by atoms with van der Waals surface area (Å²) in [5.41, 5.74) is 5.24. The van der Waals surface area contributed by atoms with E-state index in [1.54, 1.807) is 30.0 Å². The van der Waals surface area contributed by atoms with Crippen LogP contribution in [0, 0.1) is 5.92 Å². The number of nitrogens with zero attached hydrogens (tertiary/aromatic N) is 1. The summed E-state index contributed by atoms with van der Waals surface area (Å²) >= 11 is 0. The predicted molar refractivity (Wildman–Crippen MR) is 110 cm³/mol. The van der Waals surface area contributed by atoms with Gasteiger partial charge in [0.25, 0.3) is 5.91 Å². The van der Waals surface area contributed by atoms with E-state index in [-0.39, 0.29) is 17.9 Å². The van der Waals surface area contributed by atoms with E-state index in [4.69, 9.17) is 14.2 Å². The monoisotopic (exact) mass is 421 g/mol. The zero-order valence-corrected chi connectivity index (χ0v) is 17.9. The summed E-state index contributed by atoms with van der Waals surface area (Å²) in [6.07, 6.45) is 2.61. The summed E-state index contributed by atoms with van der Waals surface area (Å²) in [5.74, 6) is 0.0141. The van der Waals surface area contributed by atoms with Crippen molar-refractivity contribution < 1.29 is 28.6 Å². The van der Waals surface area contributed by atoms with Gasteiger partial charge in [-0.05, 0) is 44.4 Å². The van der Waals surface area contributed by atoms with Crippen LogP contribution >= 0.6 is 0 Å². The van der Waals surface area contributed by atoms with Crippen LogP contribution in [0.2, 0.25) is 0 Å². The van der Waals surface area contributed by atoms with Gasteiger partial charge in [-0.25, -0.2) is 4.79 Å². The molecule has 0 atom stereocenters. The predicted octanol–water partition coefficient (Wildman–Crippen LogP) is 2.50. The second-order valence-electron chi connectivity index (χ2n) is 6.97. The molecule has 0 unspecified atom stereocenters. The first-order chi connectivity index (χ1) is 14.5. The van der Waals surface area contributed by atoms with Crippen molar-refractivity contribution in [2.24, 2.45) is 5.92 Å². The third-order valence-corrected chi connectivity index (χ3v) is 4.87. The summed E-state index contributed by atoms with van der Waals surface area (Å²) in [7, 11) is 1.51. The van der Waals surface area contributed by atoms with Gasteiger partial charge in [0.05, 0.1) is 20.3 Å². The van der Waals surface area contributed by atoms with E-state index in [2.05, 4.69) is 17.8 Å². The van der Waals surface area contributed by atoms with Crippen molar-refractivity contribution in [1.29, 1.82) is 0 Å². The number of benzene rings is 1. The van der Waals surface area contributed by atoms with Crippen LogP contribution < -0.4 is 20.3 Å². The highest BCUT2D eigenvalue weighted by molar-refractivity contribution is 5.96. The zero-order chi connectivity index (χ0) is 21.9. The van der Waals surface area contributed by atoms with Crippen molar-refractivity contribution in [2.75, 3.05) is 33.4 Å². The Labute approximate surface area is 177 Å². The highest BCUT2D eigenvalue weighted by Crippen LogP contribution is 2.28. The Morgan fingerprint density at radius 2 is 1.83 bits per heavy atom. The van der Waals surface area contributed by atoms with Gasteiger partial charge in [0.15, 0.2) is 11.5 Å². The number of hydrogen-bond donors (Lipinski definition) is 2. The summed E-state index contributed by atoms with van der Waals surface area (Å²) in [4.78, 5) is 38.1. The van der Waals surface area contributed by atoms with Gasteiger partial charge < -0.3 is 19.1 Å². The highest BCUT2D eigenvalue weighted by atomic mass is 16.6. The number of unbranched alkanes of at least 4 members (excludes halogenated alkanes) is 1. The number of methoxy groups -OCH3 is 1. The number of nitrogens with one attached hydrogen (secondary N) is 2. The molecule has 2 rings (SSSR count). The molecule has 0 aromatic heterocycles. The number of ether oxygens (including phenoxy) is 3. The summed E-state index contributed by atoms with van der Waals surface area (Å²) < 4.78 is 15.9. The van der Waals surface area contributed by atoms with E-state index in [1.165, 1.54) is 7.11 Å². The average Bonchev–Trinajstić information content (AvgIpc) is 2.77. The number of carbonyl (C=O) groups excluding carboxylic acids is 3. The van der Waals surface area contributed by atoms with E-state index in [9.17, 15) is 14.4 Å². The minimum absolute atomic E-state index is 0.278. The third-order valence-electron chi connectivity index (χ3n) is 4.87. The molecule has 0 aliphatic carbocycles. The molecule has 9 heteroatoms. The number of carbonyl (C=O) groups is 3. The molecule has 1 saturated heterocycles. The lowest BCUT2D eigenvalue weighted by atomic mass is 9.96. The molecule has 1 aromatic rings. The zero-order valence-electron chi connectivity index (χ0n) is 17.9. The molecule has 0 bridgehead atoms. The van der Waals surface area contributed by atoms with Crippen LogP contribution in [0.1, 0.15) is 49.9 Å². The maximum atomic E-state index is 12.4. The maximum absolute atomic E-state index is 12.4. The van der Waals surface area contributed by atoms with Crippen LogP contribution in [0.25, 0.3) is 0 Å². The van der Waals surface area contributed by atoms with Crippen molar-refractivity contribution in [3.05, 3.63) is 23.8 Å². The van der Waals surface area contributed by atoms with Gasteiger partial charge in [-0.2, -0.15) is 0 Å². The van der Waals surface area contributed by atoms with E-state index < -0.39 is 5.91 Å². The lowest BCUT2D eigenvalue weighted by Crippen LogP contribution is -2.48. The maximum Gasteiger partial charge on any atom is 0.409 e. The number of rotatable bonds is 8. The quantitative estimate of drug-likeness (QED) is 0.493. The fraction of sp³-hybridized carbons (Fsp3) is 0.571. The van der Waals surface area contributed by atoms with Gasteiger partial charge in [-0.15, -0.1) is 0 Å². The molecule has 1 aromatic carbocycles. The minimum atomic E-state index is -0.453. The van der Waals surface area contributed by atoms with E-state index in [0.29, 0.717) is 56.2 Å². The SMILES string of the molecule is CCCCOc1ccc(C(=O)NNC(=O)C2CCN(C(=O)OCC)CC2)cc1OC. The minimum Gasteiger partial charge on any atom is -0.493 e. The Bertz CT molecular complexity index is 731. The Morgan fingerprint density at radius 3 is 2.47 bits per heavy atom. The van der Waals surface area contributed by atoms with Crippen LogP contribution in [0.4, 0.5) is 4.79 Å². The van der Waals surface area contributed by atoms with Gasteiger partial charge in [0.2, 0.25) is 5.91 Å². The van der Waals surface area contributed by atoms with Gasteiger partial charge in [-0.1, -0.05) is 13.3 Å². The largest absolute Gasteiger partial charge is 0.493 e. The fourth-order valence-electron chi connectivity index (χ4n) is 3.09. The first-order valence-corrected chi connectivity index (χ1v) is 10.3. The number of likely N-dealkylation sites (tertiary alicyclic amines) is 1. The summed E-state index contributed by atoms with van der Waals surface area (Å²) in [6.45, 7) is 5.61. The molecule has 0 radical (unpaired) electrons. The van der Waals surface area contributed by atoms with E-state index in [1.807, 2.05) is 0 Å². The standard InChI is InChI=1S/C21H31N3O6/c1-4-6-13-30-17-8-7-16(14-18(17)28-3)20(26)23-22-19(25)15-9-11-24(12-10-15)21(27)29-5-2/h7-8,14-15H,4-6,9-13H2,1-3H3,(H,22,25)(H,23,26). The van der Waals surface area contributed by atoms with Gasteiger partial charge in [0, 0.05) is 24.6 Å². The fourth-order valence-corrected chi connectivity index (χ4v) is 3.09. The van der Waals surface area contributed by atoms with E-state index in [0.717, 1.165) is 12.8 Å². The number of hydrazine groups is 1. The molecule has 1 aliphatic heterocycles. The van der Waals surface area contributed by atoms with Crippen LogP contribution in [0.5, 0.6) is 11.5 Å². The molecule has 3 amide bonds. The number of hydrogen-bond acceptors (Lipinski definition) is 6. The molecule has 166 valence electrons. The molecule has 0 spiro atoms. The molecule has 1 fully saturated rings. The first kappa shape index (κ1) is 23.3. The Morgan fingerprint density at radius 1 is 1.10 bits per heavy atom. The van der Waals surface area contributed by atoms with Crippen LogP contribution in [0.15, 0.2) is 18.2 Å². The molecular weight excluding hydrogens is 390 g/mol. The Hall–Kier alpha value is -2.97. The molecule has 0 saturated carbocycles. The summed E-state index contributed by atoms with van der Waals surface area (Å²) in [5, 5.41) is 0. The van der Waals surface area contributed by atoms with Crippen molar-refractivity contribution in [2.45, 2.75) is 39.5 Å². The van der Waals surface area contributed by atoms with Gasteiger partial charge in [0.1, 0.15) is 0 Å². The van der Waals surface area contributed by atoms with Gasteiger partial charge >= 0.3 is 6.09 Å². The molecule has 2 N–H and O–H groups in total. The van der Waals surface area contributed by atoms with Crippen molar-refractivity contribution in [1.82, 2.24) is 15.8 Å². The van der Waals surface area contributed by atoms with E-state index >= 15 is 0 Å². The lowest BCUT2D eigenvalue weighted by molar-refractivity contribution is -0.127. The van der Waals surface area contributed by atoms with Crippen molar-refractivity contribution in [3.63, 3.8) is 0 Å². The van der Waals surface area contributed by atoms with Crippen LogP contribution in [-0.4, -0.2) is 56.2 Å². The molecule has 30 heavy (non-hydrogen) atoms. The van der Waals surface area contributed by atoms with Crippen LogP contribution in [0.3, 0.4) is 0 Å². The molecule has 1 aliphatic rings. The Balaban J connectivity index is 1.83. The smallest absolute Gasteiger partial charge is 0.409 e. The van der Waals surface area contributed by atoms with Crippen molar-refractivity contribution in [3.8, 4) is 11.5 Å². The molecule has 9 nitrogen and oxygen atoms in total. The Kier molecular flexibility index (Phi) is 9.24. The van der Waals surface area contributed by atoms with Gasteiger partial charge in [-0.3, -0.25) is 20.4 Å². The van der Waals surface area contributed by atoms with Crippen LogP contribution in [-0.2, 0) is 9.53 Å². The first-order valence-electron chi connectivity index (χ1n) is 10.3. The van der Waals surface area contributed by atoms with Crippen molar-refractivity contribution >= 4 is 17.9 Å². The average molecular weight is 421 g/mol. The summed E-state index contributed by atoms with van der Waals surface area (Å²) in [6, 6.07) is 4.86. The lowest BCUT2D eigenvalue weighted by Gasteiger charge is -2.30. The third kappa shape index (κ3) is 6.53. The number of amides is 3. The topological polar surface area (TPSA) is 106 Å². The highest BCUT2D eigenvalue weighted by Gasteiger charge is 2.28. The second-order valence-corrected chi connectivity index (χ2v) is 6.97. The second kappa shape index (κ2) is 11.9. The normalized spacial score (nSPS) is 14.0. The molecular formula is C21H31N3O6. The molecule has 1 heterocycles. The number of piperidine rings is 1.